The van der Waals surface area contributed by atoms with Gasteiger partial charge < -0.3 is 0 Å². The fraction of sp³-hybridized carbons (Fsp3) is 0.500. The minimum absolute atomic E-state index is 0.638. The minimum Gasteiger partial charge on any atom is -0.0708 e. The summed E-state index contributed by atoms with van der Waals surface area (Å²) in [6.45, 7) is 15.1. The summed E-state index contributed by atoms with van der Waals surface area (Å²) in [5, 5.41) is 0. The molecule has 0 aliphatic rings. The Labute approximate surface area is 126 Å². The van der Waals surface area contributed by atoms with Gasteiger partial charge in [-0.1, -0.05) is 87.7 Å². The Bertz CT molecular complexity index is 416. The average molecular weight is 272 g/mol. The SMILES string of the molecule is CC.CC/C(=C\C=C(/C)C(C)C)Cc1ccc(C)cc1. The van der Waals surface area contributed by atoms with Crippen molar-refractivity contribution in [1.29, 1.82) is 0 Å². The average Bonchev–Trinajstić information content (AvgIpc) is 2.47. The second-order valence-corrected chi connectivity index (χ2v) is 5.41. The van der Waals surface area contributed by atoms with Crippen LogP contribution in [0.1, 0.15) is 59.1 Å². The Morgan fingerprint density at radius 2 is 1.60 bits per heavy atom. The van der Waals surface area contributed by atoms with Crippen LogP contribution in [-0.2, 0) is 6.42 Å². The van der Waals surface area contributed by atoms with Crippen molar-refractivity contribution in [3.63, 3.8) is 0 Å². The number of benzene rings is 1. The van der Waals surface area contributed by atoms with Gasteiger partial charge in [0.1, 0.15) is 0 Å². The lowest BCUT2D eigenvalue weighted by atomic mass is 9.99. The van der Waals surface area contributed by atoms with E-state index in [9.17, 15) is 0 Å². The van der Waals surface area contributed by atoms with E-state index in [0.717, 1.165) is 12.8 Å². The zero-order chi connectivity index (χ0) is 15.5. The quantitative estimate of drug-likeness (QED) is 0.536. The fourth-order valence-electron chi connectivity index (χ4n) is 1.71. The van der Waals surface area contributed by atoms with Gasteiger partial charge in [0, 0.05) is 0 Å². The number of hydrogen-bond acceptors (Lipinski definition) is 0. The maximum atomic E-state index is 2.30. The Morgan fingerprint density at radius 3 is 2.05 bits per heavy atom. The number of rotatable bonds is 5. The largest absolute Gasteiger partial charge is 0.0708 e. The maximum Gasteiger partial charge on any atom is -0.00641 e. The number of aryl methyl sites for hydroxylation is 1. The molecule has 20 heavy (non-hydrogen) atoms. The summed E-state index contributed by atoms with van der Waals surface area (Å²) >= 11 is 0. The van der Waals surface area contributed by atoms with Crippen molar-refractivity contribution < 1.29 is 0 Å². The summed E-state index contributed by atoms with van der Waals surface area (Å²) in [6.07, 6.45) is 6.77. The second-order valence-electron chi connectivity index (χ2n) is 5.41. The van der Waals surface area contributed by atoms with Crippen LogP contribution in [0.5, 0.6) is 0 Å². The molecule has 0 atom stereocenters. The molecule has 0 heterocycles. The van der Waals surface area contributed by atoms with E-state index in [2.05, 4.69) is 71.0 Å². The van der Waals surface area contributed by atoms with E-state index in [1.54, 1.807) is 0 Å². The predicted octanol–water partition coefficient (Wildman–Crippen LogP) is 6.50. The molecule has 1 rings (SSSR count). The lowest BCUT2D eigenvalue weighted by Crippen LogP contribution is -1.91. The molecular formula is C20H32. The summed E-state index contributed by atoms with van der Waals surface area (Å²) < 4.78 is 0. The molecule has 1 aromatic carbocycles. The molecule has 0 nitrogen and oxygen atoms in total. The van der Waals surface area contributed by atoms with Crippen LogP contribution in [0.15, 0.2) is 47.6 Å². The first-order valence-corrected chi connectivity index (χ1v) is 7.94. The van der Waals surface area contributed by atoms with Crippen LogP contribution in [0, 0.1) is 12.8 Å². The van der Waals surface area contributed by atoms with E-state index < -0.39 is 0 Å². The Balaban J connectivity index is 0.00000172. The fourth-order valence-corrected chi connectivity index (χ4v) is 1.71. The molecule has 0 amide bonds. The van der Waals surface area contributed by atoms with Crippen molar-refractivity contribution in [2.45, 2.75) is 61.3 Å². The van der Waals surface area contributed by atoms with E-state index >= 15 is 0 Å². The monoisotopic (exact) mass is 272 g/mol. The van der Waals surface area contributed by atoms with Crippen LogP contribution in [-0.4, -0.2) is 0 Å². The molecule has 0 fully saturated rings. The minimum atomic E-state index is 0.638. The summed E-state index contributed by atoms with van der Waals surface area (Å²) in [5.74, 6) is 0.638. The van der Waals surface area contributed by atoms with Crippen molar-refractivity contribution >= 4 is 0 Å². The molecule has 0 aliphatic heterocycles. The second kappa shape index (κ2) is 10.5. The van der Waals surface area contributed by atoms with Crippen LogP contribution >= 0.6 is 0 Å². The van der Waals surface area contributed by atoms with Crippen LogP contribution < -0.4 is 0 Å². The van der Waals surface area contributed by atoms with E-state index in [0.29, 0.717) is 5.92 Å². The maximum absolute atomic E-state index is 2.30. The van der Waals surface area contributed by atoms with E-state index in [1.165, 1.54) is 22.3 Å². The third kappa shape index (κ3) is 7.33. The summed E-state index contributed by atoms with van der Waals surface area (Å²) in [5.41, 5.74) is 5.68. The summed E-state index contributed by atoms with van der Waals surface area (Å²) in [7, 11) is 0. The van der Waals surface area contributed by atoms with Gasteiger partial charge in [0.15, 0.2) is 0 Å². The molecule has 0 aromatic heterocycles. The van der Waals surface area contributed by atoms with Gasteiger partial charge in [-0.05, 0) is 38.2 Å². The molecule has 112 valence electrons. The van der Waals surface area contributed by atoms with Gasteiger partial charge in [0.05, 0.1) is 0 Å². The highest BCUT2D eigenvalue weighted by atomic mass is 14.0. The van der Waals surface area contributed by atoms with Crippen LogP contribution in [0.3, 0.4) is 0 Å². The zero-order valence-electron chi connectivity index (χ0n) is 14.5. The standard InChI is InChI=1S/C18H26.C2H6/c1-6-17(12-9-16(5)14(2)3)13-18-10-7-15(4)8-11-18;1-2/h7-12,14H,6,13H2,1-5H3;1-2H3/b16-9+,17-12+;. The van der Waals surface area contributed by atoms with Gasteiger partial charge in [0.2, 0.25) is 0 Å². The molecule has 0 heteroatoms. The molecule has 0 saturated heterocycles. The first-order chi connectivity index (χ1) is 9.52. The first-order valence-electron chi connectivity index (χ1n) is 7.94. The molecule has 0 aliphatic carbocycles. The van der Waals surface area contributed by atoms with Crippen molar-refractivity contribution in [3.05, 3.63) is 58.7 Å². The third-order valence-corrected chi connectivity index (χ3v) is 3.50. The molecular weight excluding hydrogens is 240 g/mol. The van der Waals surface area contributed by atoms with Gasteiger partial charge >= 0.3 is 0 Å². The number of allylic oxidation sites excluding steroid dienone is 4. The van der Waals surface area contributed by atoms with Crippen LogP contribution in [0.4, 0.5) is 0 Å². The van der Waals surface area contributed by atoms with E-state index in [-0.39, 0.29) is 0 Å². The topological polar surface area (TPSA) is 0 Å². The molecule has 0 saturated carbocycles. The normalized spacial score (nSPS) is 12.2. The highest BCUT2D eigenvalue weighted by Gasteiger charge is 1.98. The molecule has 0 spiro atoms. The van der Waals surface area contributed by atoms with Gasteiger partial charge in [-0.3, -0.25) is 0 Å². The highest BCUT2D eigenvalue weighted by molar-refractivity contribution is 5.27. The number of hydrogen-bond donors (Lipinski definition) is 0. The van der Waals surface area contributed by atoms with Crippen LogP contribution in [0.25, 0.3) is 0 Å². The Morgan fingerprint density at radius 1 is 1.05 bits per heavy atom. The van der Waals surface area contributed by atoms with E-state index in [4.69, 9.17) is 0 Å². The summed E-state index contributed by atoms with van der Waals surface area (Å²) in [6, 6.07) is 8.85. The lowest BCUT2D eigenvalue weighted by molar-refractivity contribution is 0.769. The lowest BCUT2D eigenvalue weighted by Gasteiger charge is -2.06. The molecule has 0 radical (unpaired) electrons. The molecule has 0 N–H and O–H groups in total. The molecule has 1 aromatic rings. The molecule has 0 unspecified atom stereocenters. The zero-order valence-corrected chi connectivity index (χ0v) is 14.5. The van der Waals surface area contributed by atoms with Crippen molar-refractivity contribution in [2.24, 2.45) is 5.92 Å². The van der Waals surface area contributed by atoms with Gasteiger partial charge in [-0.15, -0.1) is 0 Å². The predicted molar refractivity (Wildman–Crippen MR) is 93.2 cm³/mol. The third-order valence-electron chi connectivity index (χ3n) is 3.50. The van der Waals surface area contributed by atoms with Gasteiger partial charge in [-0.2, -0.15) is 0 Å². The summed E-state index contributed by atoms with van der Waals surface area (Å²) in [4.78, 5) is 0. The molecule has 0 bridgehead atoms. The van der Waals surface area contributed by atoms with Gasteiger partial charge in [-0.25, -0.2) is 0 Å². The van der Waals surface area contributed by atoms with Crippen molar-refractivity contribution in [1.82, 2.24) is 0 Å². The smallest absolute Gasteiger partial charge is 0.00641 e. The Kier molecular flexibility index (Phi) is 9.80. The van der Waals surface area contributed by atoms with Crippen LogP contribution in [0.2, 0.25) is 0 Å². The van der Waals surface area contributed by atoms with Crippen molar-refractivity contribution in [3.8, 4) is 0 Å². The van der Waals surface area contributed by atoms with E-state index in [1.807, 2.05) is 13.8 Å². The highest BCUT2D eigenvalue weighted by Crippen LogP contribution is 2.14. The first kappa shape index (κ1) is 18.7. The van der Waals surface area contributed by atoms with Gasteiger partial charge in [0.25, 0.3) is 0 Å². The van der Waals surface area contributed by atoms with Crippen molar-refractivity contribution in [2.75, 3.05) is 0 Å². The Hall–Kier alpha value is -1.30.